The largest absolute Gasteiger partial charge is 0.234 e. The molecule has 0 aliphatic carbocycles. The van der Waals surface area contributed by atoms with Crippen LogP contribution in [0.25, 0.3) is 22.6 Å². The molecule has 0 atom stereocenters. The van der Waals surface area contributed by atoms with E-state index in [2.05, 4.69) is 25.4 Å². The fourth-order valence-electron chi connectivity index (χ4n) is 1.48. The van der Waals surface area contributed by atoms with Crippen molar-refractivity contribution in [1.29, 1.82) is 0 Å². The van der Waals surface area contributed by atoms with Crippen LogP contribution < -0.4 is 0 Å². The third-order valence-corrected chi connectivity index (χ3v) is 3.65. The van der Waals surface area contributed by atoms with Gasteiger partial charge in [0.25, 0.3) is 0 Å². The summed E-state index contributed by atoms with van der Waals surface area (Å²) < 4.78 is 0. The molecule has 0 fully saturated rings. The number of benzene rings is 1. The molecule has 0 aliphatic rings. The molecule has 5 nitrogen and oxygen atoms in total. The van der Waals surface area contributed by atoms with Gasteiger partial charge in [0.1, 0.15) is 5.52 Å². The minimum absolute atomic E-state index is 0.277. The van der Waals surface area contributed by atoms with Crippen LogP contribution in [0.5, 0.6) is 0 Å². The highest BCUT2D eigenvalue weighted by molar-refractivity contribution is 6.49. The van der Waals surface area contributed by atoms with Crippen molar-refractivity contribution < 1.29 is 0 Å². The lowest BCUT2D eigenvalue weighted by Gasteiger charge is -2.05. The van der Waals surface area contributed by atoms with Gasteiger partial charge in [-0.2, -0.15) is 10.3 Å². The third-order valence-electron chi connectivity index (χ3n) is 2.35. The van der Waals surface area contributed by atoms with Crippen molar-refractivity contribution in [2.45, 2.75) is 0 Å². The van der Waals surface area contributed by atoms with E-state index >= 15 is 0 Å². The van der Waals surface area contributed by atoms with Crippen molar-refractivity contribution >= 4 is 46.0 Å². The van der Waals surface area contributed by atoms with Crippen molar-refractivity contribution in [3.05, 3.63) is 33.4 Å². The summed E-state index contributed by atoms with van der Waals surface area (Å²) >= 11 is 18.0. The van der Waals surface area contributed by atoms with Gasteiger partial charge >= 0.3 is 0 Å². The molecular formula is C10H4Cl3N5. The molecule has 0 amide bonds. The minimum Gasteiger partial charge on any atom is -0.234 e. The lowest BCUT2D eigenvalue weighted by Crippen LogP contribution is -1.91. The van der Waals surface area contributed by atoms with E-state index in [0.29, 0.717) is 32.6 Å². The van der Waals surface area contributed by atoms with Crippen molar-refractivity contribution in [2.24, 2.45) is 0 Å². The van der Waals surface area contributed by atoms with E-state index in [-0.39, 0.29) is 5.02 Å². The normalized spacial score (nSPS) is 11.1. The number of nitrogens with one attached hydrogen (secondary N) is 1. The van der Waals surface area contributed by atoms with Gasteiger partial charge in [-0.1, -0.05) is 34.8 Å². The molecule has 0 unspecified atom stereocenters. The van der Waals surface area contributed by atoms with Crippen LogP contribution in [0, 0.1) is 0 Å². The zero-order valence-electron chi connectivity index (χ0n) is 8.65. The van der Waals surface area contributed by atoms with Crippen LogP contribution in [0.15, 0.2) is 18.3 Å². The molecule has 8 heteroatoms. The molecule has 1 aromatic carbocycles. The molecule has 2 heterocycles. The van der Waals surface area contributed by atoms with Crippen LogP contribution >= 0.6 is 34.8 Å². The predicted octanol–water partition coefficient (Wildman–Crippen LogP) is 3.38. The molecule has 0 saturated heterocycles. The fraction of sp³-hybridized carbons (Fsp3) is 0. The summed E-state index contributed by atoms with van der Waals surface area (Å²) in [6, 6.07) is 3.35. The van der Waals surface area contributed by atoms with E-state index in [0.717, 1.165) is 0 Å². The van der Waals surface area contributed by atoms with Gasteiger partial charge in [-0.3, -0.25) is 0 Å². The molecule has 1 N–H and O–H groups in total. The molecule has 3 rings (SSSR count). The van der Waals surface area contributed by atoms with Crippen LogP contribution in [-0.2, 0) is 0 Å². The average Bonchev–Trinajstić information content (AvgIpc) is 2.83. The van der Waals surface area contributed by atoms with Crippen molar-refractivity contribution in [2.75, 3.05) is 0 Å². The summed E-state index contributed by atoms with van der Waals surface area (Å²) in [6.07, 6.45) is 1.56. The Labute approximate surface area is 116 Å². The summed E-state index contributed by atoms with van der Waals surface area (Å²) in [6.45, 7) is 0. The fourth-order valence-corrected chi connectivity index (χ4v) is 2.10. The Kier molecular flexibility index (Phi) is 2.81. The SMILES string of the molecule is Clc1ccc(-c2ncc3n[nH]nc3n2)c(Cl)c1Cl. The van der Waals surface area contributed by atoms with Crippen molar-refractivity contribution in [1.82, 2.24) is 25.4 Å². The van der Waals surface area contributed by atoms with E-state index < -0.39 is 0 Å². The molecule has 0 saturated carbocycles. The van der Waals surface area contributed by atoms with E-state index in [9.17, 15) is 0 Å². The van der Waals surface area contributed by atoms with Crippen LogP contribution in [0.1, 0.15) is 0 Å². The van der Waals surface area contributed by atoms with Crippen LogP contribution in [0.2, 0.25) is 15.1 Å². The first-order valence-corrected chi connectivity index (χ1v) is 5.97. The maximum Gasteiger partial charge on any atom is 0.205 e. The Morgan fingerprint density at radius 1 is 1.00 bits per heavy atom. The van der Waals surface area contributed by atoms with E-state index in [1.165, 1.54) is 0 Å². The second kappa shape index (κ2) is 4.35. The zero-order valence-corrected chi connectivity index (χ0v) is 10.9. The first kappa shape index (κ1) is 11.6. The van der Waals surface area contributed by atoms with Gasteiger partial charge in [0.05, 0.1) is 21.3 Å². The monoisotopic (exact) mass is 299 g/mol. The molecule has 0 bridgehead atoms. The Balaban J connectivity index is 2.22. The lowest BCUT2D eigenvalue weighted by atomic mass is 10.2. The molecule has 0 aliphatic heterocycles. The molecule has 18 heavy (non-hydrogen) atoms. The number of rotatable bonds is 1. The van der Waals surface area contributed by atoms with Crippen molar-refractivity contribution in [3.63, 3.8) is 0 Å². The van der Waals surface area contributed by atoms with Gasteiger partial charge in [-0.05, 0) is 12.1 Å². The first-order chi connectivity index (χ1) is 8.66. The van der Waals surface area contributed by atoms with Gasteiger partial charge in [-0.25, -0.2) is 9.97 Å². The second-order valence-corrected chi connectivity index (χ2v) is 4.61. The quantitative estimate of drug-likeness (QED) is 0.700. The number of aromatic nitrogens is 5. The summed E-state index contributed by atoms with van der Waals surface area (Å²) in [5.74, 6) is 0.417. The molecule has 90 valence electrons. The lowest BCUT2D eigenvalue weighted by molar-refractivity contribution is 0.954. The maximum atomic E-state index is 6.12. The Hall–Kier alpha value is -1.43. The van der Waals surface area contributed by atoms with Gasteiger partial charge in [0.2, 0.25) is 5.65 Å². The van der Waals surface area contributed by atoms with Crippen LogP contribution in [0.4, 0.5) is 0 Å². The number of fused-ring (bicyclic) bond motifs is 1. The Morgan fingerprint density at radius 2 is 1.83 bits per heavy atom. The van der Waals surface area contributed by atoms with Gasteiger partial charge in [-0.15, -0.1) is 5.10 Å². The third kappa shape index (κ3) is 1.80. The predicted molar refractivity (Wildman–Crippen MR) is 69.9 cm³/mol. The summed E-state index contributed by atoms with van der Waals surface area (Å²) in [7, 11) is 0. The highest BCUT2D eigenvalue weighted by Crippen LogP contribution is 2.36. The molecule has 0 radical (unpaired) electrons. The number of nitrogens with zero attached hydrogens (tertiary/aromatic N) is 4. The minimum atomic E-state index is 0.277. The number of aromatic amines is 1. The summed E-state index contributed by atoms with van der Waals surface area (Å²) in [5.41, 5.74) is 1.63. The van der Waals surface area contributed by atoms with E-state index in [1.807, 2.05) is 0 Å². The summed E-state index contributed by atoms with van der Waals surface area (Å²) in [4.78, 5) is 8.40. The second-order valence-electron chi connectivity index (χ2n) is 3.45. The van der Waals surface area contributed by atoms with Crippen molar-refractivity contribution in [3.8, 4) is 11.4 Å². The average molecular weight is 301 g/mol. The summed E-state index contributed by atoms with van der Waals surface area (Å²) in [5, 5.41) is 11.2. The van der Waals surface area contributed by atoms with Crippen LogP contribution in [-0.4, -0.2) is 25.4 Å². The Morgan fingerprint density at radius 3 is 2.67 bits per heavy atom. The number of H-pyrrole nitrogens is 1. The first-order valence-electron chi connectivity index (χ1n) is 4.84. The molecule has 3 aromatic rings. The standard InChI is InChI=1S/C10H4Cl3N5/c11-5-2-1-4(7(12)8(5)13)9-14-3-6-10(15-9)17-18-16-6/h1-3H,(H,14,15,16,17,18). The maximum absolute atomic E-state index is 6.12. The van der Waals surface area contributed by atoms with E-state index in [4.69, 9.17) is 34.8 Å². The van der Waals surface area contributed by atoms with E-state index in [1.54, 1.807) is 18.3 Å². The van der Waals surface area contributed by atoms with Gasteiger partial charge in [0, 0.05) is 5.56 Å². The number of hydrogen-bond acceptors (Lipinski definition) is 4. The molecular weight excluding hydrogens is 297 g/mol. The van der Waals surface area contributed by atoms with Gasteiger partial charge < -0.3 is 0 Å². The molecule has 0 spiro atoms. The number of hydrogen-bond donors (Lipinski definition) is 1. The zero-order chi connectivity index (χ0) is 12.7. The molecule has 2 aromatic heterocycles. The smallest absolute Gasteiger partial charge is 0.205 e. The highest BCUT2D eigenvalue weighted by atomic mass is 35.5. The van der Waals surface area contributed by atoms with Crippen LogP contribution in [0.3, 0.4) is 0 Å². The topological polar surface area (TPSA) is 67.3 Å². The Bertz CT molecular complexity index is 739. The van der Waals surface area contributed by atoms with Gasteiger partial charge in [0.15, 0.2) is 5.82 Å². The number of halogens is 3. The highest BCUT2D eigenvalue weighted by Gasteiger charge is 2.13.